The zero-order valence-corrected chi connectivity index (χ0v) is 10.2. The summed E-state index contributed by atoms with van der Waals surface area (Å²) in [5.41, 5.74) is 7.71. The molecule has 0 unspecified atom stereocenters. The molecule has 0 spiro atoms. The van der Waals surface area contributed by atoms with Crippen LogP contribution in [0.1, 0.15) is 11.5 Å². The van der Waals surface area contributed by atoms with Gasteiger partial charge in [-0.1, -0.05) is 11.6 Å². The molecule has 3 nitrogen and oxygen atoms in total. The van der Waals surface area contributed by atoms with Crippen LogP contribution < -0.4 is 5.73 Å². The Kier molecular flexibility index (Phi) is 2.82. The minimum atomic E-state index is 0.455. The van der Waals surface area contributed by atoms with Gasteiger partial charge in [0.2, 0.25) is 0 Å². The van der Waals surface area contributed by atoms with Gasteiger partial charge >= 0.3 is 0 Å². The van der Waals surface area contributed by atoms with Crippen LogP contribution >= 0.6 is 22.9 Å². The van der Waals surface area contributed by atoms with Gasteiger partial charge in [-0.05, 0) is 19.1 Å². The molecule has 0 amide bonds. The van der Waals surface area contributed by atoms with Crippen LogP contribution in [0.5, 0.6) is 0 Å². The summed E-state index contributed by atoms with van der Waals surface area (Å²) in [6.07, 6.45) is 0. The average molecular weight is 242 g/mol. The van der Waals surface area contributed by atoms with Crippen LogP contribution in [0.25, 0.3) is 10.6 Å². The van der Waals surface area contributed by atoms with Gasteiger partial charge in [0, 0.05) is 7.05 Å². The van der Waals surface area contributed by atoms with E-state index in [1.807, 2.05) is 30.7 Å². The van der Waals surface area contributed by atoms with Crippen LogP contribution in [0.2, 0.25) is 4.34 Å². The minimum Gasteiger partial charge on any atom is -0.329 e. The predicted octanol–water partition coefficient (Wildman–Crippen LogP) is 2.57. The van der Waals surface area contributed by atoms with Crippen molar-refractivity contribution >= 4 is 22.9 Å². The molecular weight excluding hydrogens is 230 g/mol. The first kappa shape index (κ1) is 10.7. The van der Waals surface area contributed by atoms with Crippen molar-refractivity contribution in [1.29, 1.82) is 0 Å². The van der Waals surface area contributed by atoms with Crippen LogP contribution in [0.3, 0.4) is 0 Å². The van der Waals surface area contributed by atoms with Gasteiger partial charge in [-0.3, -0.25) is 0 Å². The van der Waals surface area contributed by atoms with Gasteiger partial charge in [0.1, 0.15) is 5.82 Å². The van der Waals surface area contributed by atoms with E-state index in [1.54, 1.807) is 11.3 Å². The fraction of sp³-hybridized carbons (Fsp3) is 0.300. The van der Waals surface area contributed by atoms with E-state index in [-0.39, 0.29) is 0 Å². The van der Waals surface area contributed by atoms with Gasteiger partial charge < -0.3 is 10.3 Å². The second-order valence-electron chi connectivity index (χ2n) is 3.33. The number of nitrogens with two attached hydrogens (primary N) is 1. The normalized spacial score (nSPS) is 10.9. The lowest BCUT2D eigenvalue weighted by molar-refractivity contribution is 0.799. The summed E-state index contributed by atoms with van der Waals surface area (Å²) in [6, 6.07) is 3.91. The van der Waals surface area contributed by atoms with Crippen LogP contribution in [0.4, 0.5) is 0 Å². The molecule has 0 saturated heterocycles. The van der Waals surface area contributed by atoms with Crippen molar-refractivity contribution in [2.75, 3.05) is 0 Å². The van der Waals surface area contributed by atoms with Crippen molar-refractivity contribution in [3.8, 4) is 10.6 Å². The number of imidazole rings is 1. The first-order valence-corrected chi connectivity index (χ1v) is 5.81. The molecule has 2 heterocycles. The molecule has 2 aromatic heterocycles. The third-order valence-electron chi connectivity index (χ3n) is 2.35. The van der Waals surface area contributed by atoms with Crippen LogP contribution in [0.15, 0.2) is 12.1 Å². The van der Waals surface area contributed by atoms with Crippen molar-refractivity contribution in [2.45, 2.75) is 13.5 Å². The van der Waals surface area contributed by atoms with E-state index >= 15 is 0 Å². The predicted molar refractivity (Wildman–Crippen MR) is 64.2 cm³/mol. The number of hydrogen-bond acceptors (Lipinski definition) is 3. The number of aromatic nitrogens is 2. The fourth-order valence-corrected chi connectivity index (χ4v) is 2.84. The smallest absolute Gasteiger partial charge is 0.123 e. The number of nitrogens with zero attached hydrogens (tertiary/aromatic N) is 2. The number of halogens is 1. The second-order valence-corrected chi connectivity index (χ2v) is 5.04. The third kappa shape index (κ3) is 1.80. The highest BCUT2D eigenvalue weighted by Crippen LogP contribution is 2.32. The van der Waals surface area contributed by atoms with E-state index < -0.39 is 0 Å². The van der Waals surface area contributed by atoms with E-state index in [0.717, 1.165) is 26.4 Å². The SMILES string of the molecule is Cc1nc(CN)n(C)c1-c1ccc(Cl)s1. The molecule has 0 atom stereocenters. The van der Waals surface area contributed by atoms with Gasteiger partial charge in [0.05, 0.1) is 27.1 Å². The molecule has 2 aromatic rings. The van der Waals surface area contributed by atoms with Crippen molar-refractivity contribution in [3.63, 3.8) is 0 Å². The van der Waals surface area contributed by atoms with Crippen LogP contribution in [-0.2, 0) is 13.6 Å². The molecule has 5 heteroatoms. The molecule has 0 aromatic carbocycles. The maximum Gasteiger partial charge on any atom is 0.123 e. The number of thiophene rings is 1. The highest BCUT2D eigenvalue weighted by atomic mass is 35.5. The second kappa shape index (κ2) is 3.96. The molecule has 2 rings (SSSR count). The lowest BCUT2D eigenvalue weighted by Crippen LogP contribution is -2.05. The van der Waals surface area contributed by atoms with Crippen LogP contribution in [0, 0.1) is 6.92 Å². The Labute approximate surface area is 97.5 Å². The Hall–Kier alpha value is -0.840. The molecule has 0 bridgehead atoms. The highest BCUT2D eigenvalue weighted by Gasteiger charge is 2.13. The Balaban J connectivity index is 2.57. The van der Waals surface area contributed by atoms with Crippen molar-refractivity contribution in [1.82, 2.24) is 9.55 Å². The maximum absolute atomic E-state index is 5.92. The Morgan fingerprint density at radius 3 is 2.73 bits per heavy atom. The van der Waals surface area contributed by atoms with Gasteiger partial charge in [-0.15, -0.1) is 11.3 Å². The van der Waals surface area contributed by atoms with E-state index in [9.17, 15) is 0 Å². The summed E-state index contributed by atoms with van der Waals surface area (Å²) in [4.78, 5) is 5.55. The van der Waals surface area contributed by atoms with Gasteiger partial charge in [-0.25, -0.2) is 4.98 Å². The largest absolute Gasteiger partial charge is 0.329 e. The summed E-state index contributed by atoms with van der Waals surface area (Å²) < 4.78 is 2.82. The summed E-state index contributed by atoms with van der Waals surface area (Å²) in [5, 5.41) is 0. The van der Waals surface area contributed by atoms with Crippen molar-refractivity contribution < 1.29 is 0 Å². The zero-order chi connectivity index (χ0) is 11.0. The quantitative estimate of drug-likeness (QED) is 0.878. The molecule has 0 aliphatic rings. The molecule has 15 heavy (non-hydrogen) atoms. The van der Waals surface area contributed by atoms with E-state index in [4.69, 9.17) is 17.3 Å². The molecular formula is C10H12ClN3S. The minimum absolute atomic E-state index is 0.455. The van der Waals surface area contributed by atoms with Crippen LogP contribution in [-0.4, -0.2) is 9.55 Å². The molecule has 0 aliphatic carbocycles. The summed E-state index contributed by atoms with van der Waals surface area (Å²) >= 11 is 7.48. The van der Waals surface area contributed by atoms with Crippen molar-refractivity contribution in [2.24, 2.45) is 12.8 Å². The van der Waals surface area contributed by atoms with E-state index in [0.29, 0.717) is 6.54 Å². The van der Waals surface area contributed by atoms with E-state index in [1.165, 1.54) is 0 Å². The first-order chi connectivity index (χ1) is 7.13. The Morgan fingerprint density at radius 1 is 1.53 bits per heavy atom. The summed E-state index contributed by atoms with van der Waals surface area (Å²) in [5.74, 6) is 0.895. The fourth-order valence-electron chi connectivity index (χ4n) is 1.66. The number of hydrogen-bond donors (Lipinski definition) is 1. The third-order valence-corrected chi connectivity index (χ3v) is 3.59. The molecule has 0 aliphatic heterocycles. The number of aryl methyl sites for hydroxylation is 1. The maximum atomic E-state index is 5.92. The van der Waals surface area contributed by atoms with Crippen molar-refractivity contribution in [3.05, 3.63) is 28.0 Å². The highest BCUT2D eigenvalue weighted by molar-refractivity contribution is 7.19. The summed E-state index contributed by atoms with van der Waals surface area (Å²) in [7, 11) is 1.98. The molecule has 0 saturated carbocycles. The zero-order valence-electron chi connectivity index (χ0n) is 8.62. The lowest BCUT2D eigenvalue weighted by Gasteiger charge is -2.02. The molecule has 0 fully saturated rings. The lowest BCUT2D eigenvalue weighted by atomic mass is 10.3. The monoisotopic (exact) mass is 241 g/mol. The standard InChI is InChI=1S/C10H12ClN3S/c1-6-10(7-3-4-8(11)15-7)14(2)9(5-12)13-6/h3-4H,5,12H2,1-2H3. The number of rotatable bonds is 2. The van der Waals surface area contributed by atoms with Gasteiger partial charge in [-0.2, -0.15) is 0 Å². The Morgan fingerprint density at radius 2 is 2.27 bits per heavy atom. The summed E-state index contributed by atoms with van der Waals surface area (Å²) in [6.45, 7) is 2.44. The van der Waals surface area contributed by atoms with E-state index in [2.05, 4.69) is 4.98 Å². The molecule has 80 valence electrons. The topological polar surface area (TPSA) is 43.8 Å². The van der Waals surface area contributed by atoms with Gasteiger partial charge in [0.25, 0.3) is 0 Å². The van der Waals surface area contributed by atoms with Gasteiger partial charge in [0.15, 0.2) is 0 Å². The Bertz CT molecular complexity index is 487. The molecule has 2 N–H and O–H groups in total. The first-order valence-electron chi connectivity index (χ1n) is 4.61. The molecule has 0 radical (unpaired) electrons. The average Bonchev–Trinajstić information content (AvgIpc) is 2.71.